The van der Waals surface area contributed by atoms with Gasteiger partial charge in [0.2, 0.25) is 0 Å². The molecule has 0 aliphatic carbocycles. The van der Waals surface area contributed by atoms with Crippen molar-refractivity contribution in [1.29, 1.82) is 0 Å². The van der Waals surface area contributed by atoms with E-state index < -0.39 is 15.7 Å². The van der Waals surface area contributed by atoms with Gasteiger partial charge in [0.1, 0.15) is 16.0 Å². The van der Waals surface area contributed by atoms with Crippen molar-refractivity contribution in [1.82, 2.24) is 0 Å². The highest BCUT2D eigenvalue weighted by Gasteiger charge is 2.24. The minimum absolute atomic E-state index is 0.00952. The third kappa shape index (κ3) is 3.67. The average molecular weight is 406 g/mol. The lowest BCUT2D eigenvalue weighted by Crippen LogP contribution is -2.14. The fraction of sp³-hybridized carbons (Fsp3) is 0.0870. The van der Waals surface area contributed by atoms with Gasteiger partial charge in [0.25, 0.3) is 0 Å². The summed E-state index contributed by atoms with van der Waals surface area (Å²) in [6, 6.07) is 20.2. The van der Waals surface area contributed by atoms with E-state index in [1.165, 1.54) is 12.1 Å². The number of fused-ring (bicyclic) bond motifs is 1. The predicted octanol–water partition coefficient (Wildman–Crippen LogP) is 4.84. The highest BCUT2D eigenvalue weighted by Crippen LogP contribution is 2.36. The third-order valence-electron chi connectivity index (χ3n) is 4.61. The van der Waals surface area contributed by atoms with Crippen LogP contribution in [-0.4, -0.2) is 8.42 Å². The van der Waals surface area contributed by atoms with Gasteiger partial charge in [-0.1, -0.05) is 59.7 Å². The lowest BCUT2D eigenvalue weighted by Gasteiger charge is -2.13. The molecule has 0 amide bonds. The third-order valence-corrected chi connectivity index (χ3v) is 5.84. The summed E-state index contributed by atoms with van der Waals surface area (Å²) in [4.78, 5) is 12.8. The van der Waals surface area contributed by atoms with E-state index in [2.05, 4.69) is 0 Å². The zero-order chi connectivity index (χ0) is 20.6. The zero-order valence-corrected chi connectivity index (χ0v) is 16.7. The van der Waals surface area contributed by atoms with Crippen LogP contribution in [0.1, 0.15) is 11.1 Å². The second-order valence-electron chi connectivity index (χ2n) is 6.81. The minimum Gasteiger partial charge on any atom is -0.422 e. The second-order valence-corrected chi connectivity index (χ2v) is 8.35. The molecule has 4 rings (SSSR count). The van der Waals surface area contributed by atoms with Gasteiger partial charge >= 0.3 is 15.7 Å². The maximum atomic E-state index is 13.0. The number of hydrogen-bond acceptors (Lipinski definition) is 5. The molecule has 0 unspecified atom stereocenters. The smallest absolute Gasteiger partial charge is 0.348 e. The molecule has 146 valence electrons. The van der Waals surface area contributed by atoms with Gasteiger partial charge in [-0.3, -0.25) is 0 Å². The summed E-state index contributed by atoms with van der Waals surface area (Å²) in [5, 5.41) is 0.401. The molecule has 6 heteroatoms. The van der Waals surface area contributed by atoms with Crippen LogP contribution in [0, 0.1) is 13.8 Å². The highest BCUT2D eigenvalue weighted by atomic mass is 32.2. The summed E-state index contributed by atoms with van der Waals surface area (Å²) >= 11 is 0. The maximum absolute atomic E-state index is 13.0. The molecule has 1 aromatic heterocycles. The molecule has 0 saturated heterocycles. The Balaban J connectivity index is 1.96. The van der Waals surface area contributed by atoms with Gasteiger partial charge in [0, 0.05) is 0 Å². The van der Waals surface area contributed by atoms with Gasteiger partial charge in [-0.15, -0.1) is 0 Å². The largest absolute Gasteiger partial charge is 0.422 e. The van der Waals surface area contributed by atoms with Crippen LogP contribution in [0.25, 0.3) is 22.1 Å². The van der Waals surface area contributed by atoms with Crippen LogP contribution in [0.2, 0.25) is 0 Å². The van der Waals surface area contributed by atoms with Crippen molar-refractivity contribution >= 4 is 21.1 Å². The number of rotatable bonds is 4. The van der Waals surface area contributed by atoms with Crippen molar-refractivity contribution in [3.63, 3.8) is 0 Å². The lowest BCUT2D eigenvalue weighted by atomic mass is 10.0. The zero-order valence-electron chi connectivity index (χ0n) is 15.9. The predicted molar refractivity (Wildman–Crippen MR) is 112 cm³/mol. The normalized spacial score (nSPS) is 11.5. The van der Waals surface area contributed by atoms with Crippen molar-refractivity contribution in [3.8, 4) is 16.9 Å². The Labute approximate surface area is 168 Å². The van der Waals surface area contributed by atoms with Gasteiger partial charge in [0.15, 0.2) is 5.75 Å². The topological polar surface area (TPSA) is 73.6 Å². The summed E-state index contributed by atoms with van der Waals surface area (Å²) in [5.74, 6) is -0.0405. The van der Waals surface area contributed by atoms with Crippen molar-refractivity contribution in [2.45, 2.75) is 18.7 Å². The SMILES string of the molecule is Cc1ccc(-c2c(OS(=O)(=O)c3ccc(C)cc3)c3ccccc3oc2=O)cc1. The van der Waals surface area contributed by atoms with Gasteiger partial charge in [-0.05, 0) is 43.7 Å². The Hall–Kier alpha value is -3.38. The first-order chi connectivity index (χ1) is 13.8. The minimum atomic E-state index is -4.16. The monoisotopic (exact) mass is 406 g/mol. The Bertz CT molecular complexity index is 1350. The number of aryl methyl sites for hydroxylation is 2. The molecule has 0 fully saturated rings. The van der Waals surface area contributed by atoms with E-state index in [4.69, 9.17) is 8.60 Å². The molecule has 0 aliphatic heterocycles. The van der Waals surface area contributed by atoms with Gasteiger partial charge in [-0.2, -0.15) is 8.42 Å². The van der Waals surface area contributed by atoms with E-state index in [1.807, 2.05) is 26.0 Å². The van der Waals surface area contributed by atoms with Crippen LogP contribution < -0.4 is 9.81 Å². The van der Waals surface area contributed by atoms with Crippen molar-refractivity contribution in [2.75, 3.05) is 0 Å². The number of hydrogen-bond donors (Lipinski definition) is 0. The molecular weight excluding hydrogens is 388 g/mol. The Morgan fingerprint density at radius 2 is 1.38 bits per heavy atom. The number of para-hydroxylation sites is 1. The lowest BCUT2D eigenvalue weighted by molar-refractivity contribution is 0.483. The van der Waals surface area contributed by atoms with Crippen LogP contribution in [0.15, 0.2) is 86.9 Å². The van der Waals surface area contributed by atoms with Crippen LogP contribution in [0.4, 0.5) is 0 Å². The first-order valence-corrected chi connectivity index (χ1v) is 10.4. The molecule has 3 aromatic carbocycles. The summed E-state index contributed by atoms with van der Waals surface area (Å²) in [7, 11) is -4.16. The first-order valence-electron chi connectivity index (χ1n) is 8.99. The van der Waals surface area contributed by atoms with Crippen LogP contribution in [0.5, 0.6) is 5.75 Å². The standard InChI is InChI=1S/C23H18O5S/c1-15-7-11-17(12-8-15)21-22(19-5-3-4-6-20(19)27-23(21)24)28-29(25,26)18-13-9-16(2)10-14-18/h3-14H,1-2H3. The molecule has 4 aromatic rings. The molecule has 5 nitrogen and oxygen atoms in total. The Morgan fingerprint density at radius 1 is 0.793 bits per heavy atom. The van der Waals surface area contributed by atoms with E-state index >= 15 is 0 Å². The van der Waals surface area contributed by atoms with Gasteiger partial charge < -0.3 is 8.60 Å². The van der Waals surface area contributed by atoms with E-state index in [9.17, 15) is 13.2 Å². The molecule has 0 atom stereocenters. The Morgan fingerprint density at radius 3 is 2.03 bits per heavy atom. The van der Waals surface area contributed by atoms with Gasteiger partial charge in [-0.25, -0.2) is 4.79 Å². The molecule has 1 heterocycles. The molecule has 0 aliphatic rings. The molecule has 0 spiro atoms. The summed E-state index contributed by atoms with van der Waals surface area (Å²) in [6.45, 7) is 3.79. The molecule has 0 radical (unpaired) electrons. The number of benzene rings is 3. The van der Waals surface area contributed by atoms with Crippen LogP contribution in [0.3, 0.4) is 0 Å². The molecular formula is C23H18O5S. The molecule has 0 N–H and O–H groups in total. The van der Waals surface area contributed by atoms with Crippen molar-refractivity contribution in [2.24, 2.45) is 0 Å². The quantitative estimate of drug-likeness (QED) is 0.358. The van der Waals surface area contributed by atoms with Crippen LogP contribution >= 0.6 is 0 Å². The van der Waals surface area contributed by atoms with E-state index in [0.29, 0.717) is 10.9 Å². The van der Waals surface area contributed by atoms with Crippen molar-refractivity contribution < 1.29 is 17.0 Å². The highest BCUT2D eigenvalue weighted by molar-refractivity contribution is 7.87. The molecule has 0 bridgehead atoms. The maximum Gasteiger partial charge on any atom is 0.348 e. The molecule has 0 saturated carbocycles. The fourth-order valence-electron chi connectivity index (χ4n) is 3.04. The average Bonchev–Trinajstić information content (AvgIpc) is 2.69. The second kappa shape index (κ2) is 7.22. The van der Waals surface area contributed by atoms with E-state index in [-0.39, 0.29) is 21.8 Å². The fourth-order valence-corrected chi connectivity index (χ4v) is 4.00. The summed E-state index contributed by atoms with van der Waals surface area (Å²) in [5.41, 5.74) is 2.11. The first kappa shape index (κ1) is 19.0. The molecule has 29 heavy (non-hydrogen) atoms. The van der Waals surface area contributed by atoms with E-state index in [1.54, 1.807) is 48.5 Å². The van der Waals surface area contributed by atoms with Crippen molar-refractivity contribution in [3.05, 3.63) is 94.3 Å². The Kier molecular flexibility index (Phi) is 4.72. The summed E-state index contributed by atoms with van der Waals surface area (Å²) in [6.07, 6.45) is 0. The van der Waals surface area contributed by atoms with Crippen LogP contribution in [-0.2, 0) is 10.1 Å². The van der Waals surface area contributed by atoms with E-state index in [0.717, 1.165) is 11.1 Å². The summed E-state index contributed by atoms with van der Waals surface area (Å²) < 4.78 is 36.9. The van der Waals surface area contributed by atoms with Gasteiger partial charge in [0.05, 0.1) is 5.39 Å².